The van der Waals surface area contributed by atoms with E-state index in [4.69, 9.17) is 0 Å². The van der Waals surface area contributed by atoms with E-state index in [2.05, 4.69) is 139 Å². The molecule has 1 aliphatic carbocycles. The summed E-state index contributed by atoms with van der Waals surface area (Å²) in [6.45, 7) is 5.32. The predicted octanol–water partition coefficient (Wildman–Crippen LogP) is 8.19. The van der Waals surface area contributed by atoms with Gasteiger partial charge in [-0.2, -0.15) is 0 Å². The minimum Gasteiger partial charge on any atom is -0.335 e. The summed E-state index contributed by atoms with van der Waals surface area (Å²) >= 11 is 1.95. The molecule has 2 unspecified atom stereocenters. The van der Waals surface area contributed by atoms with Gasteiger partial charge in [0.1, 0.15) is 0 Å². The molecule has 4 aliphatic rings. The van der Waals surface area contributed by atoms with Gasteiger partial charge in [0.25, 0.3) is 0 Å². The summed E-state index contributed by atoms with van der Waals surface area (Å²) in [6, 6.07) is 43.0. The van der Waals surface area contributed by atoms with E-state index < -0.39 is 0 Å². The van der Waals surface area contributed by atoms with Crippen LogP contribution in [-0.4, -0.2) is 12.3 Å². The molecule has 0 saturated heterocycles. The molecule has 5 aromatic rings. The molecule has 3 aliphatic heterocycles. The second kappa shape index (κ2) is 8.81. The molecule has 3 heterocycles. The van der Waals surface area contributed by atoms with E-state index in [1.54, 1.807) is 5.56 Å². The fourth-order valence-electron chi connectivity index (χ4n) is 8.70. The summed E-state index contributed by atoms with van der Waals surface area (Å²) in [5.74, 6) is 0. The van der Waals surface area contributed by atoms with Crippen molar-refractivity contribution in [1.29, 1.82) is 0 Å². The number of anilines is 5. The first-order valence-corrected chi connectivity index (χ1v) is 16.2. The Morgan fingerprint density at radius 3 is 2.14 bits per heavy atom. The highest BCUT2D eigenvalue weighted by Crippen LogP contribution is 2.61. The van der Waals surface area contributed by atoms with Gasteiger partial charge in [-0.25, -0.2) is 0 Å². The molecule has 2 atom stereocenters. The van der Waals surface area contributed by atoms with Crippen molar-refractivity contribution in [2.75, 3.05) is 9.80 Å². The average molecular weight is 561 g/mol. The molecule has 0 amide bonds. The third-order valence-electron chi connectivity index (χ3n) is 10.9. The van der Waals surface area contributed by atoms with Crippen molar-refractivity contribution in [3.63, 3.8) is 0 Å². The Kier molecular flexibility index (Phi) is 5.18. The second-order valence-electron chi connectivity index (χ2n) is 12.8. The van der Waals surface area contributed by atoms with Crippen LogP contribution in [0.1, 0.15) is 45.1 Å². The standard InChI is InChI=1S/C38H33BN2S/c1-37-23-9-10-24-38(37,2)41-32-19-12-20-34-35(32)39(30-18-11-17-29(37)36(30)41)31-25-28(21-22-33(31)42-34)40(26-13-5-3-6-14-26)27-15-7-4-8-16-27/h3-8,11-22,25H,9-10,23-24H2,1-2H3. The Hall–Kier alpha value is -3.89. The summed E-state index contributed by atoms with van der Waals surface area (Å²) in [5.41, 5.74) is 12.7. The molecule has 0 aromatic heterocycles. The number of fused-ring (bicyclic) bond motifs is 7. The number of nitrogens with zero attached hydrogens (tertiary/aromatic N) is 2. The quantitative estimate of drug-likeness (QED) is 0.202. The molecular formula is C38H33BN2S. The Bertz CT molecular complexity index is 1830. The van der Waals surface area contributed by atoms with Crippen molar-refractivity contribution in [3.8, 4) is 0 Å². The molecule has 42 heavy (non-hydrogen) atoms. The van der Waals surface area contributed by atoms with Crippen LogP contribution in [0.25, 0.3) is 0 Å². The van der Waals surface area contributed by atoms with Crippen LogP contribution in [0, 0.1) is 0 Å². The Labute approximate surface area is 253 Å². The molecule has 4 heteroatoms. The van der Waals surface area contributed by atoms with Gasteiger partial charge in [0.2, 0.25) is 6.71 Å². The lowest BCUT2D eigenvalue weighted by atomic mass is 9.34. The second-order valence-corrected chi connectivity index (χ2v) is 13.9. The van der Waals surface area contributed by atoms with E-state index in [9.17, 15) is 0 Å². The first kappa shape index (κ1) is 24.7. The van der Waals surface area contributed by atoms with Crippen molar-refractivity contribution >= 4 is 63.3 Å². The molecule has 204 valence electrons. The number of hydrogen-bond donors (Lipinski definition) is 0. The molecule has 1 saturated carbocycles. The van der Waals surface area contributed by atoms with Gasteiger partial charge in [-0.15, -0.1) is 0 Å². The van der Waals surface area contributed by atoms with Gasteiger partial charge in [0.05, 0.1) is 5.54 Å². The third kappa shape index (κ3) is 3.14. The van der Waals surface area contributed by atoms with E-state index >= 15 is 0 Å². The highest BCUT2D eigenvalue weighted by molar-refractivity contribution is 8.00. The lowest BCUT2D eigenvalue weighted by molar-refractivity contribution is 0.195. The number of para-hydroxylation sites is 3. The maximum atomic E-state index is 2.79. The van der Waals surface area contributed by atoms with E-state index in [1.165, 1.54) is 80.3 Å². The maximum Gasteiger partial charge on any atom is 0.249 e. The first-order valence-electron chi connectivity index (χ1n) is 15.4. The smallest absolute Gasteiger partial charge is 0.249 e. The zero-order chi connectivity index (χ0) is 28.1. The predicted molar refractivity (Wildman–Crippen MR) is 179 cm³/mol. The molecule has 9 rings (SSSR count). The lowest BCUT2D eigenvalue weighted by Crippen LogP contribution is -2.63. The monoisotopic (exact) mass is 560 g/mol. The van der Waals surface area contributed by atoms with Crippen LogP contribution in [0.4, 0.5) is 28.4 Å². The largest absolute Gasteiger partial charge is 0.335 e. The van der Waals surface area contributed by atoms with Crippen molar-refractivity contribution in [1.82, 2.24) is 0 Å². The summed E-state index contributed by atoms with van der Waals surface area (Å²) in [6.07, 6.45) is 5.12. The summed E-state index contributed by atoms with van der Waals surface area (Å²) < 4.78 is 0. The van der Waals surface area contributed by atoms with Gasteiger partial charge >= 0.3 is 0 Å². The Balaban J connectivity index is 1.29. The van der Waals surface area contributed by atoms with Crippen LogP contribution >= 0.6 is 11.8 Å². The van der Waals surface area contributed by atoms with Crippen molar-refractivity contribution in [2.45, 2.75) is 60.3 Å². The van der Waals surface area contributed by atoms with Crippen LogP contribution in [0.15, 0.2) is 125 Å². The molecule has 0 N–H and O–H groups in total. The normalized spacial score (nSPS) is 22.6. The summed E-state index contributed by atoms with van der Waals surface area (Å²) in [4.78, 5) is 7.97. The van der Waals surface area contributed by atoms with Crippen LogP contribution in [0.2, 0.25) is 0 Å². The van der Waals surface area contributed by atoms with Crippen LogP contribution < -0.4 is 26.2 Å². The average Bonchev–Trinajstić information content (AvgIpc) is 3.25. The van der Waals surface area contributed by atoms with Crippen LogP contribution in [-0.2, 0) is 5.41 Å². The highest BCUT2D eigenvalue weighted by atomic mass is 32.2. The van der Waals surface area contributed by atoms with Crippen LogP contribution in [0.5, 0.6) is 0 Å². The molecule has 1 fully saturated rings. The van der Waals surface area contributed by atoms with E-state index in [0.29, 0.717) is 0 Å². The van der Waals surface area contributed by atoms with Crippen molar-refractivity contribution in [2.24, 2.45) is 0 Å². The summed E-state index contributed by atoms with van der Waals surface area (Å²) in [7, 11) is 0. The van der Waals surface area contributed by atoms with Gasteiger partial charge in [0, 0.05) is 43.6 Å². The molecule has 5 aromatic carbocycles. The summed E-state index contributed by atoms with van der Waals surface area (Å²) in [5, 5.41) is 0. The Morgan fingerprint density at radius 2 is 1.38 bits per heavy atom. The van der Waals surface area contributed by atoms with E-state index in [-0.39, 0.29) is 17.7 Å². The molecule has 2 nitrogen and oxygen atoms in total. The van der Waals surface area contributed by atoms with E-state index in [1.807, 2.05) is 11.8 Å². The molecule has 0 radical (unpaired) electrons. The SMILES string of the molecule is CC12CCCCC1(C)N1c3cccc4c3B(c3cc(N(c5ccccc5)c5ccccc5)ccc3S4)c3cccc2c31. The lowest BCUT2D eigenvalue weighted by Gasteiger charge is -2.52. The van der Waals surface area contributed by atoms with Gasteiger partial charge in [0.15, 0.2) is 0 Å². The molecule has 0 spiro atoms. The van der Waals surface area contributed by atoms with Crippen molar-refractivity contribution in [3.05, 3.63) is 121 Å². The zero-order valence-electron chi connectivity index (χ0n) is 24.2. The molecule has 0 bridgehead atoms. The number of hydrogen-bond acceptors (Lipinski definition) is 3. The molecular weight excluding hydrogens is 527 g/mol. The first-order chi connectivity index (χ1) is 20.6. The minimum atomic E-state index is 0.0913. The number of rotatable bonds is 3. The highest BCUT2D eigenvalue weighted by Gasteiger charge is 2.60. The third-order valence-corrected chi connectivity index (χ3v) is 12.0. The Morgan fingerprint density at radius 1 is 0.667 bits per heavy atom. The van der Waals surface area contributed by atoms with Gasteiger partial charge in [-0.1, -0.05) is 97.7 Å². The van der Waals surface area contributed by atoms with Crippen molar-refractivity contribution < 1.29 is 0 Å². The fraction of sp³-hybridized carbons (Fsp3) is 0.211. The zero-order valence-corrected chi connectivity index (χ0v) is 25.0. The topological polar surface area (TPSA) is 6.48 Å². The van der Waals surface area contributed by atoms with Crippen LogP contribution in [0.3, 0.4) is 0 Å². The minimum absolute atomic E-state index is 0.0913. The fourth-order valence-corrected chi connectivity index (χ4v) is 9.84. The van der Waals surface area contributed by atoms with Gasteiger partial charge in [-0.3, -0.25) is 0 Å². The maximum absolute atomic E-state index is 2.79. The van der Waals surface area contributed by atoms with E-state index in [0.717, 1.165) is 0 Å². The van der Waals surface area contributed by atoms with Gasteiger partial charge in [-0.05, 0) is 90.9 Å². The van der Waals surface area contributed by atoms with Gasteiger partial charge < -0.3 is 9.80 Å². The number of benzene rings is 5.